The minimum absolute atomic E-state index is 0.487. The van der Waals surface area contributed by atoms with Gasteiger partial charge in [-0.25, -0.2) is 0 Å². The lowest BCUT2D eigenvalue weighted by atomic mass is 10.0. The second-order valence-corrected chi connectivity index (χ2v) is 5.61. The van der Waals surface area contributed by atoms with Crippen molar-refractivity contribution >= 4 is 0 Å². The number of hydrogen-bond acceptors (Lipinski definition) is 2. The molecule has 0 aromatic heterocycles. The Balaban J connectivity index is 1.70. The largest absolute Gasteiger partial charge is 0.308 e. The van der Waals surface area contributed by atoms with Crippen molar-refractivity contribution in [3.63, 3.8) is 0 Å². The van der Waals surface area contributed by atoms with Gasteiger partial charge in [0.1, 0.15) is 0 Å². The lowest BCUT2D eigenvalue weighted by Gasteiger charge is -2.40. The highest BCUT2D eigenvalue weighted by molar-refractivity contribution is 5.16. The number of nitrogens with zero attached hydrogens (tertiary/aromatic N) is 1. The molecule has 2 heteroatoms. The first-order valence-electron chi connectivity index (χ1n) is 6.84. The van der Waals surface area contributed by atoms with Crippen molar-refractivity contribution in [1.29, 1.82) is 0 Å². The van der Waals surface area contributed by atoms with E-state index < -0.39 is 0 Å². The summed E-state index contributed by atoms with van der Waals surface area (Å²) >= 11 is 0. The third-order valence-corrected chi connectivity index (χ3v) is 4.29. The zero-order valence-corrected chi connectivity index (χ0v) is 10.7. The van der Waals surface area contributed by atoms with Crippen LogP contribution in [0.3, 0.4) is 0 Å². The van der Waals surface area contributed by atoms with Crippen LogP contribution in [-0.4, -0.2) is 29.6 Å². The number of hydrogen-bond donors (Lipinski definition) is 1. The molecule has 3 rings (SSSR count). The van der Waals surface area contributed by atoms with Gasteiger partial charge in [-0.15, -0.1) is 0 Å². The van der Waals surface area contributed by atoms with Gasteiger partial charge < -0.3 is 5.32 Å². The summed E-state index contributed by atoms with van der Waals surface area (Å²) in [5.41, 5.74) is 1.93. The summed E-state index contributed by atoms with van der Waals surface area (Å²) in [6.07, 6.45) is 3.99. The van der Waals surface area contributed by atoms with Crippen molar-refractivity contribution in [2.45, 2.75) is 44.3 Å². The molecule has 92 valence electrons. The van der Waals surface area contributed by atoms with Crippen molar-refractivity contribution in [3.05, 3.63) is 35.9 Å². The highest BCUT2D eigenvalue weighted by Crippen LogP contribution is 2.39. The lowest BCUT2D eigenvalue weighted by Crippen LogP contribution is -2.57. The minimum Gasteiger partial charge on any atom is -0.308 e. The molecule has 1 saturated carbocycles. The maximum absolute atomic E-state index is 3.74. The molecular formula is C15H22N2. The van der Waals surface area contributed by atoms with E-state index in [-0.39, 0.29) is 0 Å². The quantitative estimate of drug-likeness (QED) is 0.858. The van der Waals surface area contributed by atoms with Crippen LogP contribution in [0.1, 0.15) is 31.7 Å². The predicted molar refractivity (Wildman–Crippen MR) is 70.9 cm³/mol. The molecule has 17 heavy (non-hydrogen) atoms. The van der Waals surface area contributed by atoms with E-state index in [1.165, 1.54) is 37.9 Å². The zero-order chi connectivity index (χ0) is 11.7. The summed E-state index contributed by atoms with van der Waals surface area (Å²) in [6.45, 7) is 5.82. The monoisotopic (exact) mass is 230 g/mol. The van der Waals surface area contributed by atoms with Crippen LogP contribution < -0.4 is 5.32 Å². The molecule has 0 amide bonds. The van der Waals surface area contributed by atoms with Gasteiger partial charge in [0.05, 0.1) is 0 Å². The molecule has 2 aliphatic rings. The Kier molecular flexibility index (Phi) is 2.93. The Morgan fingerprint density at radius 3 is 2.71 bits per heavy atom. The molecule has 0 radical (unpaired) electrons. The van der Waals surface area contributed by atoms with E-state index in [2.05, 4.69) is 47.5 Å². The maximum atomic E-state index is 3.74. The highest BCUT2D eigenvalue weighted by Gasteiger charge is 2.47. The van der Waals surface area contributed by atoms with Gasteiger partial charge in [-0.2, -0.15) is 0 Å². The van der Waals surface area contributed by atoms with Crippen LogP contribution in [0.5, 0.6) is 0 Å². The fourth-order valence-electron chi connectivity index (χ4n) is 2.93. The average molecular weight is 230 g/mol. The summed E-state index contributed by atoms with van der Waals surface area (Å²) in [4.78, 5) is 2.68. The van der Waals surface area contributed by atoms with E-state index in [0.29, 0.717) is 11.6 Å². The summed E-state index contributed by atoms with van der Waals surface area (Å²) < 4.78 is 0. The Hall–Kier alpha value is -0.860. The first-order valence-corrected chi connectivity index (χ1v) is 6.84. The molecule has 1 aromatic carbocycles. The summed E-state index contributed by atoms with van der Waals surface area (Å²) in [6, 6.07) is 11.6. The standard InChI is InChI=1S/C15H22N2/c1-2-14-10-16-15(8-9-15)12-17(14)11-13-6-4-3-5-7-13/h3-7,14,16H,2,8-12H2,1H3/t14-/m0/s1. The topological polar surface area (TPSA) is 15.3 Å². The first-order chi connectivity index (χ1) is 8.31. The Bertz CT molecular complexity index is 370. The van der Waals surface area contributed by atoms with Crippen molar-refractivity contribution < 1.29 is 0 Å². The van der Waals surface area contributed by atoms with Crippen molar-refractivity contribution in [1.82, 2.24) is 10.2 Å². The lowest BCUT2D eigenvalue weighted by molar-refractivity contribution is 0.110. The van der Waals surface area contributed by atoms with Gasteiger partial charge in [-0.3, -0.25) is 4.90 Å². The molecular weight excluding hydrogens is 208 g/mol. The van der Waals surface area contributed by atoms with Gasteiger partial charge in [0.2, 0.25) is 0 Å². The van der Waals surface area contributed by atoms with Gasteiger partial charge in [0.15, 0.2) is 0 Å². The van der Waals surface area contributed by atoms with E-state index in [4.69, 9.17) is 0 Å². The van der Waals surface area contributed by atoms with Gasteiger partial charge in [0.25, 0.3) is 0 Å². The number of benzene rings is 1. The summed E-state index contributed by atoms with van der Waals surface area (Å²) in [5, 5.41) is 3.74. The molecule has 1 N–H and O–H groups in total. The second kappa shape index (κ2) is 4.43. The first kappa shape index (κ1) is 11.2. The van der Waals surface area contributed by atoms with Crippen LogP contribution in [0.25, 0.3) is 0 Å². The van der Waals surface area contributed by atoms with E-state index >= 15 is 0 Å². The van der Waals surface area contributed by atoms with Crippen molar-refractivity contribution in [3.8, 4) is 0 Å². The number of rotatable bonds is 3. The molecule has 1 aromatic rings. The minimum atomic E-state index is 0.487. The summed E-state index contributed by atoms with van der Waals surface area (Å²) in [5.74, 6) is 0. The molecule has 1 saturated heterocycles. The second-order valence-electron chi connectivity index (χ2n) is 5.61. The molecule has 1 aliphatic heterocycles. The molecule has 0 unspecified atom stereocenters. The van der Waals surface area contributed by atoms with Gasteiger partial charge in [-0.05, 0) is 24.8 Å². The third kappa shape index (κ3) is 2.38. The molecule has 1 spiro atoms. The van der Waals surface area contributed by atoms with Gasteiger partial charge >= 0.3 is 0 Å². The van der Waals surface area contributed by atoms with Crippen LogP contribution in [-0.2, 0) is 6.54 Å². The maximum Gasteiger partial charge on any atom is 0.0311 e. The molecule has 2 nitrogen and oxygen atoms in total. The van der Waals surface area contributed by atoms with Crippen molar-refractivity contribution in [2.75, 3.05) is 13.1 Å². The molecule has 1 atom stereocenters. The highest BCUT2D eigenvalue weighted by atomic mass is 15.3. The number of piperazine rings is 1. The predicted octanol–water partition coefficient (Wildman–Crippen LogP) is 2.40. The fourth-order valence-corrected chi connectivity index (χ4v) is 2.93. The Labute approximate surface area is 104 Å². The van der Waals surface area contributed by atoms with E-state index in [1.54, 1.807) is 0 Å². The SMILES string of the molecule is CC[C@H]1CNC2(CC2)CN1Cc1ccccc1. The summed E-state index contributed by atoms with van der Waals surface area (Å²) in [7, 11) is 0. The van der Waals surface area contributed by atoms with Crippen LogP contribution in [0.15, 0.2) is 30.3 Å². The fraction of sp³-hybridized carbons (Fsp3) is 0.600. The Morgan fingerprint density at radius 1 is 1.29 bits per heavy atom. The average Bonchev–Trinajstić information content (AvgIpc) is 3.10. The zero-order valence-electron chi connectivity index (χ0n) is 10.7. The Morgan fingerprint density at radius 2 is 2.06 bits per heavy atom. The molecule has 1 aliphatic carbocycles. The van der Waals surface area contributed by atoms with Crippen LogP contribution >= 0.6 is 0 Å². The smallest absolute Gasteiger partial charge is 0.0311 e. The molecule has 0 bridgehead atoms. The van der Waals surface area contributed by atoms with Crippen LogP contribution in [0.4, 0.5) is 0 Å². The molecule has 2 fully saturated rings. The van der Waals surface area contributed by atoms with Crippen LogP contribution in [0, 0.1) is 0 Å². The van der Waals surface area contributed by atoms with Gasteiger partial charge in [-0.1, -0.05) is 37.3 Å². The van der Waals surface area contributed by atoms with E-state index in [1.807, 2.05) is 0 Å². The van der Waals surface area contributed by atoms with E-state index in [0.717, 1.165) is 6.54 Å². The number of nitrogens with one attached hydrogen (secondary N) is 1. The van der Waals surface area contributed by atoms with Crippen molar-refractivity contribution in [2.24, 2.45) is 0 Å². The normalized spacial score (nSPS) is 27.2. The third-order valence-electron chi connectivity index (χ3n) is 4.29. The van der Waals surface area contributed by atoms with Gasteiger partial charge in [0, 0.05) is 31.2 Å². The van der Waals surface area contributed by atoms with E-state index in [9.17, 15) is 0 Å². The van der Waals surface area contributed by atoms with Crippen LogP contribution in [0.2, 0.25) is 0 Å². The molecule has 1 heterocycles.